The van der Waals surface area contributed by atoms with Crippen molar-refractivity contribution in [3.63, 3.8) is 0 Å². The van der Waals surface area contributed by atoms with Gasteiger partial charge in [0.2, 0.25) is 0 Å². The van der Waals surface area contributed by atoms with Crippen LogP contribution in [0.3, 0.4) is 0 Å². The lowest BCUT2D eigenvalue weighted by atomic mass is 10.1. The highest BCUT2D eigenvalue weighted by molar-refractivity contribution is 5.73. The molecule has 0 aliphatic heterocycles. The van der Waals surface area contributed by atoms with Crippen LogP contribution in [-0.2, 0) is 9.53 Å². The molecule has 1 aliphatic carbocycles. The molecule has 1 fully saturated rings. The molecule has 0 spiro atoms. The van der Waals surface area contributed by atoms with Gasteiger partial charge in [-0.3, -0.25) is 4.79 Å². The first-order valence-corrected chi connectivity index (χ1v) is 7.46. The van der Waals surface area contributed by atoms with Gasteiger partial charge in [-0.2, -0.15) is 0 Å². The molecular formula is C15H24N2O4. The fourth-order valence-corrected chi connectivity index (χ4v) is 2.48. The van der Waals surface area contributed by atoms with Gasteiger partial charge in [-0.15, -0.1) is 6.42 Å². The summed E-state index contributed by atoms with van der Waals surface area (Å²) >= 11 is 0. The second-order valence-corrected chi connectivity index (χ2v) is 5.24. The van der Waals surface area contributed by atoms with Crippen molar-refractivity contribution in [3.05, 3.63) is 0 Å². The topological polar surface area (TPSA) is 87.7 Å². The molecule has 6 nitrogen and oxygen atoms in total. The van der Waals surface area contributed by atoms with Crippen LogP contribution in [-0.4, -0.2) is 42.4 Å². The molecule has 0 heterocycles. The van der Waals surface area contributed by atoms with Gasteiger partial charge in [0.15, 0.2) is 6.61 Å². The first kappa shape index (κ1) is 17.3. The van der Waals surface area contributed by atoms with Gasteiger partial charge in [0.1, 0.15) is 6.04 Å². The molecule has 0 radical (unpaired) electrons. The number of rotatable bonds is 9. The second kappa shape index (κ2) is 10.1. The average Bonchev–Trinajstić information content (AvgIpc) is 2.96. The van der Waals surface area contributed by atoms with Crippen LogP contribution < -0.4 is 10.6 Å². The predicted octanol–water partition coefficient (Wildman–Crippen LogP) is 1.50. The fourth-order valence-electron chi connectivity index (χ4n) is 2.48. The number of carbonyl (C=O) groups is 2. The highest BCUT2D eigenvalue weighted by atomic mass is 16.5. The van der Waals surface area contributed by atoms with Crippen LogP contribution in [0, 0.1) is 12.3 Å². The molecule has 6 heteroatoms. The Kier molecular flexibility index (Phi) is 8.29. The summed E-state index contributed by atoms with van der Waals surface area (Å²) in [4.78, 5) is 22.3. The maximum atomic E-state index is 11.2. The molecule has 0 aromatic heterocycles. The van der Waals surface area contributed by atoms with E-state index in [0.29, 0.717) is 25.4 Å². The highest BCUT2D eigenvalue weighted by Gasteiger charge is 2.23. The number of hydrogen-bond acceptors (Lipinski definition) is 4. The SMILES string of the molecule is C#CCOC(=O)NCCCCC(NC1CCCC1)C(=O)O. The zero-order valence-electron chi connectivity index (χ0n) is 12.3. The van der Waals surface area contributed by atoms with E-state index in [4.69, 9.17) is 6.42 Å². The van der Waals surface area contributed by atoms with Crippen molar-refractivity contribution in [1.82, 2.24) is 10.6 Å². The molecule has 1 aliphatic rings. The average molecular weight is 296 g/mol. The molecule has 1 rings (SSSR count). The number of ether oxygens (including phenoxy) is 1. The van der Waals surface area contributed by atoms with E-state index in [0.717, 1.165) is 19.3 Å². The number of unbranched alkanes of at least 4 members (excludes halogenated alkanes) is 1. The summed E-state index contributed by atoms with van der Waals surface area (Å²) in [6.07, 6.45) is 10.9. The Morgan fingerprint density at radius 2 is 2.05 bits per heavy atom. The van der Waals surface area contributed by atoms with Gasteiger partial charge in [0.25, 0.3) is 0 Å². The Morgan fingerprint density at radius 1 is 1.33 bits per heavy atom. The van der Waals surface area contributed by atoms with E-state index < -0.39 is 18.1 Å². The minimum atomic E-state index is -0.803. The number of nitrogens with one attached hydrogen (secondary N) is 2. The molecule has 21 heavy (non-hydrogen) atoms. The van der Waals surface area contributed by atoms with E-state index in [9.17, 15) is 14.7 Å². The molecule has 1 amide bonds. The standard InChI is InChI=1S/C15H24N2O4/c1-2-11-21-15(20)16-10-6-5-9-13(14(18)19)17-12-7-3-4-8-12/h1,12-13,17H,3-11H2,(H,16,20)(H,18,19). The third-order valence-electron chi connectivity index (χ3n) is 3.57. The third kappa shape index (κ3) is 7.57. The Labute approximate surface area is 125 Å². The molecule has 1 atom stereocenters. The van der Waals surface area contributed by atoms with Gasteiger partial charge >= 0.3 is 12.1 Å². The number of amides is 1. The van der Waals surface area contributed by atoms with E-state index in [1.54, 1.807) is 0 Å². The van der Waals surface area contributed by atoms with Gasteiger partial charge < -0.3 is 20.5 Å². The van der Waals surface area contributed by atoms with Crippen LogP contribution in [0.4, 0.5) is 4.79 Å². The molecule has 1 saturated carbocycles. The number of alkyl carbamates (subject to hydrolysis) is 1. The maximum Gasteiger partial charge on any atom is 0.408 e. The summed E-state index contributed by atoms with van der Waals surface area (Å²) in [5.74, 6) is 1.40. The second-order valence-electron chi connectivity index (χ2n) is 5.24. The Morgan fingerprint density at radius 3 is 2.67 bits per heavy atom. The van der Waals surface area contributed by atoms with Crippen molar-refractivity contribution in [2.24, 2.45) is 0 Å². The largest absolute Gasteiger partial charge is 0.480 e. The lowest BCUT2D eigenvalue weighted by Gasteiger charge is -2.19. The molecule has 0 bridgehead atoms. The number of carbonyl (C=O) groups excluding carboxylic acids is 1. The van der Waals surface area contributed by atoms with Gasteiger partial charge in [-0.25, -0.2) is 4.79 Å². The van der Waals surface area contributed by atoms with Crippen molar-refractivity contribution in [2.75, 3.05) is 13.2 Å². The molecular weight excluding hydrogens is 272 g/mol. The highest BCUT2D eigenvalue weighted by Crippen LogP contribution is 2.19. The van der Waals surface area contributed by atoms with Crippen molar-refractivity contribution >= 4 is 12.1 Å². The van der Waals surface area contributed by atoms with Crippen LogP contribution in [0.1, 0.15) is 44.9 Å². The van der Waals surface area contributed by atoms with Crippen LogP contribution in [0.25, 0.3) is 0 Å². The molecule has 1 unspecified atom stereocenters. The third-order valence-corrected chi connectivity index (χ3v) is 3.57. The molecule has 0 aromatic rings. The molecule has 0 saturated heterocycles. The van der Waals surface area contributed by atoms with Crippen molar-refractivity contribution in [3.8, 4) is 12.3 Å². The fraction of sp³-hybridized carbons (Fsp3) is 0.733. The summed E-state index contributed by atoms with van der Waals surface area (Å²) in [7, 11) is 0. The van der Waals surface area contributed by atoms with Crippen LogP contribution in [0.2, 0.25) is 0 Å². The van der Waals surface area contributed by atoms with Gasteiger partial charge in [0, 0.05) is 12.6 Å². The van der Waals surface area contributed by atoms with Crippen LogP contribution in [0.5, 0.6) is 0 Å². The quantitative estimate of drug-likeness (QED) is 0.443. The Bertz CT molecular complexity index is 372. The number of carboxylic acid groups (broad SMARTS) is 1. The maximum absolute atomic E-state index is 11.2. The summed E-state index contributed by atoms with van der Waals surface area (Å²) in [6, 6.07) is -0.163. The normalized spacial score (nSPS) is 16.1. The molecule has 0 aromatic carbocycles. The number of terminal acetylenes is 1. The Balaban J connectivity index is 2.11. The van der Waals surface area contributed by atoms with Gasteiger partial charge in [0.05, 0.1) is 0 Å². The van der Waals surface area contributed by atoms with E-state index in [1.807, 2.05) is 0 Å². The van der Waals surface area contributed by atoms with Crippen LogP contribution >= 0.6 is 0 Å². The van der Waals surface area contributed by atoms with Crippen molar-refractivity contribution < 1.29 is 19.4 Å². The van der Waals surface area contributed by atoms with Gasteiger partial charge in [-0.05, 0) is 32.1 Å². The van der Waals surface area contributed by atoms with E-state index >= 15 is 0 Å². The van der Waals surface area contributed by atoms with Crippen molar-refractivity contribution in [2.45, 2.75) is 57.0 Å². The van der Waals surface area contributed by atoms with E-state index in [1.165, 1.54) is 12.8 Å². The summed E-state index contributed by atoms with van der Waals surface area (Å²) < 4.78 is 4.65. The Hall–Kier alpha value is -1.74. The molecule has 3 N–H and O–H groups in total. The zero-order chi connectivity index (χ0) is 15.5. The number of aliphatic carboxylic acids is 1. The zero-order valence-corrected chi connectivity index (χ0v) is 12.3. The minimum absolute atomic E-state index is 0.0434. The summed E-state index contributed by atoms with van der Waals surface area (Å²) in [6.45, 7) is 0.414. The van der Waals surface area contributed by atoms with E-state index in [2.05, 4.69) is 21.3 Å². The van der Waals surface area contributed by atoms with Gasteiger partial charge in [-0.1, -0.05) is 18.8 Å². The first-order chi connectivity index (χ1) is 10.1. The van der Waals surface area contributed by atoms with Crippen LogP contribution in [0.15, 0.2) is 0 Å². The summed E-state index contributed by atoms with van der Waals surface area (Å²) in [5.41, 5.74) is 0. The van der Waals surface area contributed by atoms with E-state index in [-0.39, 0.29) is 6.61 Å². The minimum Gasteiger partial charge on any atom is -0.480 e. The lowest BCUT2D eigenvalue weighted by Crippen LogP contribution is -2.42. The monoisotopic (exact) mass is 296 g/mol. The number of carboxylic acids is 1. The number of hydrogen-bond donors (Lipinski definition) is 3. The first-order valence-electron chi connectivity index (χ1n) is 7.46. The molecule has 118 valence electrons. The smallest absolute Gasteiger partial charge is 0.408 e. The van der Waals surface area contributed by atoms with Crippen molar-refractivity contribution in [1.29, 1.82) is 0 Å². The summed E-state index contributed by atoms with van der Waals surface area (Å²) in [5, 5.41) is 15.0. The predicted molar refractivity (Wildman–Crippen MR) is 78.9 cm³/mol. The lowest BCUT2D eigenvalue weighted by molar-refractivity contribution is -0.139.